The minimum Gasteiger partial charge on any atom is -0.493 e. The van der Waals surface area contributed by atoms with E-state index in [1.54, 1.807) is 18.3 Å². The molecule has 5 N–H and O–H groups in total. The van der Waals surface area contributed by atoms with Crippen molar-refractivity contribution in [3.63, 3.8) is 0 Å². The Kier molecular flexibility index (Phi) is 4.59. The molecule has 0 aliphatic carbocycles. The van der Waals surface area contributed by atoms with Gasteiger partial charge in [0, 0.05) is 10.7 Å². The maximum Gasteiger partial charge on any atom is 0.256 e. The molecule has 0 fully saturated rings. The Hall–Kier alpha value is -1.95. The third-order valence-corrected chi connectivity index (χ3v) is 2.16. The van der Waals surface area contributed by atoms with Crippen molar-refractivity contribution in [1.29, 1.82) is 0 Å². The standard InChI is InChI=1S/C10H13ClN4O2/c1-16-8-4-6(5-14-15-10(12)13)3-7(11)9(8)17-2/h3-5H,1-2H3,(H4,12,13,15)/p+1/b14-5+. The first kappa shape index (κ1) is 13.1. The molecule has 17 heavy (non-hydrogen) atoms. The first-order chi connectivity index (χ1) is 8.08. The van der Waals surface area contributed by atoms with Crippen LogP contribution < -0.4 is 26.0 Å². The smallest absolute Gasteiger partial charge is 0.256 e. The van der Waals surface area contributed by atoms with Crippen molar-refractivity contribution in [3.8, 4) is 11.5 Å². The first-order valence-corrected chi connectivity index (χ1v) is 5.05. The molecule has 1 aromatic rings. The van der Waals surface area contributed by atoms with E-state index < -0.39 is 0 Å². The van der Waals surface area contributed by atoms with Gasteiger partial charge in [-0.3, -0.25) is 0 Å². The molecule has 0 unspecified atom stereocenters. The van der Waals surface area contributed by atoms with Crippen LogP contribution >= 0.6 is 11.6 Å². The predicted molar refractivity (Wildman–Crippen MR) is 66.5 cm³/mol. The Morgan fingerprint density at radius 2 is 2.06 bits per heavy atom. The van der Waals surface area contributed by atoms with E-state index in [-0.39, 0.29) is 5.96 Å². The number of nitrogens with two attached hydrogens (primary N) is 2. The van der Waals surface area contributed by atoms with Crippen LogP contribution in [0.25, 0.3) is 0 Å². The molecule has 0 amide bonds. The molecule has 0 radical (unpaired) electrons. The molecule has 0 heterocycles. The number of hydrogen-bond acceptors (Lipinski definition) is 3. The largest absolute Gasteiger partial charge is 0.493 e. The summed E-state index contributed by atoms with van der Waals surface area (Å²) in [5.74, 6) is 0.943. The summed E-state index contributed by atoms with van der Waals surface area (Å²) in [6, 6.07) is 3.43. The number of hydrazone groups is 1. The molecule has 6 nitrogen and oxygen atoms in total. The van der Waals surface area contributed by atoms with Crippen LogP contribution in [0.1, 0.15) is 5.56 Å². The third-order valence-electron chi connectivity index (χ3n) is 1.88. The van der Waals surface area contributed by atoms with E-state index in [9.17, 15) is 0 Å². The monoisotopic (exact) mass is 257 g/mol. The maximum absolute atomic E-state index is 6.02. The van der Waals surface area contributed by atoms with Gasteiger partial charge < -0.3 is 20.9 Å². The summed E-state index contributed by atoms with van der Waals surface area (Å²) in [4.78, 5) is 0. The van der Waals surface area contributed by atoms with Crippen molar-refractivity contribution in [2.24, 2.45) is 16.6 Å². The highest BCUT2D eigenvalue weighted by Crippen LogP contribution is 2.35. The predicted octanol–water partition coefficient (Wildman–Crippen LogP) is -0.955. The van der Waals surface area contributed by atoms with E-state index in [1.807, 2.05) is 0 Å². The molecule has 0 aliphatic heterocycles. The highest BCUT2D eigenvalue weighted by molar-refractivity contribution is 6.32. The van der Waals surface area contributed by atoms with Gasteiger partial charge in [0.1, 0.15) is 0 Å². The average molecular weight is 258 g/mol. The lowest BCUT2D eigenvalue weighted by Crippen LogP contribution is -2.63. The molecule has 0 spiro atoms. The summed E-state index contributed by atoms with van der Waals surface area (Å²) in [6.45, 7) is 0. The molecule has 7 heteroatoms. The molecule has 0 saturated carbocycles. The van der Waals surface area contributed by atoms with Crippen LogP contribution in [-0.4, -0.2) is 26.4 Å². The van der Waals surface area contributed by atoms with Gasteiger partial charge in [-0.25, -0.2) is 0 Å². The van der Waals surface area contributed by atoms with Crippen LogP contribution in [0.15, 0.2) is 17.2 Å². The lowest BCUT2D eigenvalue weighted by molar-refractivity contribution is -0.456. The normalized spacial score (nSPS) is 10.3. The number of hydrogen-bond donors (Lipinski definition) is 3. The number of rotatable bonds is 4. The Balaban J connectivity index is 3.07. The van der Waals surface area contributed by atoms with E-state index >= 15 is 0 Å². The number of halogens is 1. The number of methoxy groups -OCH3 is 2. The maximum atomic E-state index is 6.02. The van der Waals surface area contributed by atoms with Crippen LogP contribution in [0.4, 0.5) is 0 Å². The summed E-state index contributed by atoms with van der Waals surface area (Å²) in [7, 11) is 3.05. The summed E-state index contributed by atoms with van der Waals surface area (Å²) in [5.41, 5.74) is 11.1. The van der Waals surface area contributed by atoms with Crippen molar-refractivity contribution in [1.82, 2.24) is 0 Å². The summed E-state index contributed by atoms with van der Waals surface area (Å²) >= 11 is 6.02. The second-order valence-electron chi connectivity index (χ2n) is 3.05. The van der Waals surface area contributed by atoms with Crippen molar-refractivity contribution in [2.75, 3.05) is 14.2 Å². The van der Waals surface area contributed by atoms with Gasteiger partial charge in [0.25, 0.3) is 5.96 Å². The number of guanidine groups is 1. The van der Waals surface area contributed by atoms with E-state index in [0.717, 1.165) is 5.56 Å². The Labute approximate surface area is 104 Å². The summed E-state index contributed by atoms with van der Waals surface area (Å²) < 4.78 is 10.2. The molecule has 1 aromatic carbocycles. The highest BCUT2D eigenvalue weighted by Gasteiger charge is 2.10. The minimum absolute atomic E-state index is 0.0622. The van der Waals surface area contributed by atoms with Crippen molar-refractivity contribution < 1.29 is 14.6 Å². The molecule has 1 rings (SSSR count). The fourth-order valence-corrected chi connectivity index (χ4v) is 1.50. The van der Waals surface area contributed by atoms with Gasteiger partial charge in [0.2, 0.25) is 6.21 Å². The zero-order valence-electron chi connectivity index (χ0n) is 9.53. The zero-order valence-corrected chi connectivity index (χ0v) is 10.3. The molecule has 0 saturated heterocycles. The molecule has 92 valence electrons. The highest BCUT2D eigenvalue weighted by atomic mass is 35.5. The molecule has 0 aliphatic rings. The fraction of sp³-hybridized carbons (Fsp3) is 0.200. The van der Waals surface area contributed by atoms with Gasteiger partial charge in [-0.1, -0.05) is 11.6 Å². The van der Waals surface area contributed by atoms with Crippen LogP contribution in [-0.2, 0) is 0 Å². The number of nitrogens with zero attached hydrogens (tertiary/aromatic N) is 1. The van der Waals surface area contributed by atoms with E-state index in [1.165, 1.54) is 14.2 Å². The van der Waals surface area contributed by atoms with Crippen molar-refractivity contribution in [2.45, 2.75) is 0 Å². The SMILES string of the molecule is COc1cc(/C=[NH+]/N=C(N)N)cc(Cl)c1OC. The Bertz CT molecular complexity index is 456. The van der Waals surface area contributed by atoms with Crippen molar-refractivity contribution in [3.05, 3.63) is 22.7 Å². The Morgan fingerprint density at radius 3 is 2.59 bits per heavy atom. The van der Waals surface area contributed by atoms with Crippen LogP contribution in [0.2, 0.25) is 5.02 Å². The van der Waals surface area contributed by atoms with Gasteiger partial charge >= 0.3 is 0 Å². The fourth-order valence-electron chi connectivity index (χ4n) is 1.20. The quantitative estimate of drug-likeness (QED) is 0.368. The first-order valence-electron chi connectivity index (χ1n) is 4.67. The Morgan fingerprint density at radius 1 is 1.35 bits per heavy atom. The second-order valence-corrected chi connectivity index (χ2v) is 3.46. The van der Waals surface area contributed by atoms with Gasteiger partial charge in [0.05, 0.1) is 19.2 Å². The van der Waals surface area contributed by atoms with Crippen molar-refractivity contribution >= 4 is 23.8 Å². The van der Waals surface area contributed by atoms with Gasteiger partial charge in [-0.05, 0) is 12.1 Å². The molecule has 0 atom stereocenters. The van der Waals surface area contributed by atoms with Gasteiger partial charge in [0.15, 0.2) is 11.5 Å². The van der Waals surface area contributed by atoms with Gasteiger partial charge in [-0.15, -0.1) is 5.10 Å². The second kappa shape index (κ2) is 5.95. The number of nitrogens with one attached hydrogen (secondary N) is 1. The minimum atomic E-state index is -0.0622. The molecule has 0 aromatic heterocycles. The van der Waals surface area contributed by atoms with E-state index in [0.29, 0.717) is 16.5 Å². The topological polar surface area (TPSA) is 96.8 Å². The molecular formula is C10H14ClN4O2+. The zero-order chi connectivity index (χ0) is 12.8. The van der Waals surface area contributed by atoms with Gasteiger partial charge in [-0.2, -0.15) is 0 Å². The molecular weight excluding hydrogens is 244 g/mol. The third kappa shape index (κ3) is 3.53. The lowest BCUT2D eigenvalue weighted by Gasteiger charge is -2.08. The van der Waals surface area contributed by atoms with Crippen LogP contribution in [0, 0.1) is 0 Å². The average Bonchev–Trinajstić information content (AvgIpc) is 2.27. The molecule has 0 bridgehead atoms. The number of ether oxygens (including phenoxy) is 2. The van der Waals surface area contributed by atoms with Crippen LogP contribution in [0.3, 0.4) is 0 Å². The number of benzene rings is 1. The van der Waals surface area contributed by atoms with E-state index in [4.69, 9.17) is 32.5 Å². The van der Waals surface area contributed by atoms with Crippen LogP contribution in [0.5, 0.6) is 11.5 Å². The lowest BCUT2D eigenvalue weighted by atomic mass is 10.2. The van der Waals surface area contributed by atoms with E-state index in [2.05, 4.69) is 10.2 Å². The summed E-state index contributed by atoms with van der Waals surface area (Å²) in [5, 5.41) is 6.61. The summed E-state index contributed by atoms with van der Waals surface area (Å²) in [6.07, 6.45) is 1.58.